The van der Waals surface area contributed by atoms with Gasteiger partial charge in [-0.25, -0.2) is 4.79 Å². The van der Waals surface area contributed by atoms with Gasteiger partial charge in [-0.2, -0.15) is 5.10 Å². The van der Waals surface area contributed by atoms with Gasteiger partial charge in [-0.15, -0.1) is 0 Å². The van der Waals surface area contributed by atoms with E-state index in [1.807, 2.05) is 25.5 Å². The third-order valence-corrected chi connectivity index (χ3v) is 3.18. The SMILES string of the molecule is CCn1nc(C)c(CNC(=O)C(C)NC(=O)OC)c1C. The van der Waals surface area contributed by atoms with Gasteiger partial charge >= 0.3 is 6.09 Å². The van der Waals surface area contributed by atoms with Crippen LogP contribution in [-0.4, -0.2) is 34.9 Å². The lowest BCUT2D eigenvalue weighted by atomic mass is 10.2. The summed E-state index contributed by atoms with van der Waals surface area (Å²) < 4.78 is 6.34. The molecule has 0 aliphatic rings. The second-order valence-corrected chi connectivity index (χ2v) is 4.54. The molecule has 0 bridgehead atoms. The molecular formula is C13H22N4O3. The van der Waals surface area contributed by atoms with Gasteiger partial charge < -0.3 is 15.4 Å². The highest BCUT2D eigenvalue weighted by Gasteiger charge is 2.17. The highest BCUT2D eigenvalue weighted by Crippen LogP contribution is 2.12. The van der Waals surface area contributed by atoms with Crippen molar-refractivity contribution in [3.8, 4) is 0 Å². The first-order valence-electron chi connectivity index (χ1n) is 6.55. The van der Waals surface area contributed by atoms with Crippen molar-refractivity contribution >= 4 is 12.0 Å². The summed E-state index contributed by atoms with van der Waals surface area (Å²) in [7, 11) is 1.26. The molecule has 20 heavy (non-hydrogen) atoms. The molecule has 0 aliphatic heterocycles. The van der Waals surface area contributed by atoms with E-state index in [0.717, 1.165) is 23.5 Å². The molecule has 1 aromatic heterocycles. The number of aryl methyl sites for hydroxylation is 2. The Bertz CT molecular complexity index is 496. The molecule has 1 unspecified atom stereocenters. The smallest absolute Gasteiger partial charge is 0.407 e. The van der Waals surface area contributed by atoms with Crippen LogP contribution in [0.4, 0.5) is 4.79 Å². The van der Waals surface area contributed by atoms with Crippen LogP contribution in [0.15, 0.2) is 0 Å². The maximum absolute atomic E-state index is 11.9. The lowest BCUT2D eigenvalue weighted by Gasteiger charge is -2.13. The summed E-state index contributed by atoms with van der Waals surface area (Å²) in [5.41, 5.74) is 2.95. The molecule has 0 fully saturated rings. The molecule has 7 nitrogen and oxygen atoms in total. The van der Waals surface area contributed by atoms with Crippen molar-refractivity contribution in [2.24, 2.45) is 0 Å². The van der Waals surface area contributed by atoms with Gasteiger partial charge in [0.25, 0.3) is 0 Å². The van der Waals surface area contributed by atoms with Gasteiger partial charge in [0.15, 0.2) is 0 Å². The molecule has 7 heteroatoms. The Balaban J connectivity index is 2.61. The van der Waals surface area contributed by atoms with Crippen LogP contribution in [0.3, 0.4) is 0 Å². The molecule has 0 spiro atoms. The van der Waals surface area contributed by atoms with E-state index in [-0.39, 0.29) is 5.91 Å². The number of amides is 2. The molecule has 2 N–H and O–H groups in total. The summed E-state index contributed by atoms with van der Waals surface area (Å²) in [6.45, 7) is 8.69. The van der Waals surface area contributed by atoms with Crippen molar-refractivity contribution in [2.45, 2.75) is 46.8 Å². The lowest BCUT2D eigenvalue weighted by molar-refractivity contribution is -0.122. The third-order valence-electron chi connectivity index (χ3n) is 3.18. The van der Waals surface area contributed by atoms with Crippen LogP contribution in [0, 0.1) is 13.8 Å². The van der Waals surface area contributed by atoms with Gasteiger partial charge in [0.2, 0.25) is 5.91 Å². The molecule has 1 atom stereocenters. The first-order valence-corrected chi connectivity index (χ1v) is 6.55. The molecule has 0 aliphatic carbocycles. The number of methoxy groups -OCH3 is 1. The van der Waals surface area contributed by atoms with Crippen molar-refractivity contribution in [1.29, 1.82) is 0 Å². The zero-order valence-corrected chi connectivity index (χ0v) is 12.6. The number of alkyl carbamates (subject to hydrolysis) is 1. The van der Waals surface area contributed by atoms with Crippen LogP contribution < -0.4 is 10.6 Å². The average Bonchev–Trinajstić information content (AvgIpc) is 2.70. The molecular weight excluding hydrogens is 260 g/mol. The minimum atomic E-state index is -0.649. The molecule has 0 saturated heterocycles. The van der Waals surface area contributed by atoms with E-state index in [2.05, 4.69) is 20.5 Å². The summed E-state index contributed by atoms with van der Waals surface area (Å²) in [4.78, 5) is 22.9. The van der Waals surface area contributed by atoms with E-state index in [9.17, 15) is 9.59 Å². The standard InChI is InChI=1S/C13H22N4O3/c1-6-17-10(4)11(8(2)16-17)7-14-12(18)9(3)15-13(19)20-5/h9H,6-7H2,1-5H3,(H,14,18)(H,15,19). The van der Waals surface area contributed by atoms with Gasteiger partial charge in [0.05, 0.1) is 12.8 Å². The van der Waals surface area contributed by atoms with Crippen molar-refractivity contribution < 1.29 is 14.3 Å². The number of nitrogens with one attached hydrogen (secondary N) is 2. The van der Waals surface area contributed by atoms with Crippen LogP contribution in [-0.2, 0) is 22.6 Å². The summed E-state index contributed by atoms with van der Waals surface area (Å²) in [6, 6.07) is -0.649. The van der Waals surface area contributed by atoms with Gasteiger partial charge in [-0.1, -0.05) is 0 Å². The number of hydrogen-bond donors (Lipinski definition) is 2. The zero-order valence-electron chi connectivity index (χ0n) is 12.6. The number of rotatable bonds is 5. The van der Waals surface area contributed by atoms with Crippen LogP contribution in [0.25, 0.3) is 0 Å². The summed E-state index contributed by atoms with van der Waals surface area (Å²) in [5.74, 6) is -0.265. The summed E-state index contributed by atoms with van der Waals surface area (Å²) in [5, 5.41) is 9.59. The maximum Gasteiger partial charge on any atom is 0.407 e. The van der Waals surface area contributed by atoms with Crippen molar-refractivity contribution in [3.05, 3.63) is 17.0 Å². The fourth-order valence-corrected chi connectivity index (χ4v) is 1.93. The molecule has 112 valence electrons. The van der Waals surface area contributed by atoms with E-state index in [1.165, 1.54) is 7.11 Å². The fourth-order valence-electron chi connectivity index (χ4n) is 1.93. The largest absolute Gasteiger partial charge is 0.453 e. The van der Waals surface area contributed by atoms with E-state index < -0.39 is 12.1 Å². The Kier molecular flexibility index (Phi) is 5.54. The first kappa shape index (κ1) is 16.0. The molecule has 1 heterocycles. The van der Waals surface area contributed by atoms with Crippen LogP contribution >= 0.6 is 0 Å². The topological polar surface area (TPSA) is 85.3 Å². The number of carbonyl (C=O) groups is 2. The van der Waals surface area contributed by atoms with E-state index in [0.29, 0.717) is 6.54 Å². The minimum absolute atomic E-state index is 0.265. The molecule has 0 saturated carbocycles. The number of nitrogens with zero attached hydrogens (tertiary/aromatic N) is 2. The summed E-state index contributed by atoms with van der Waals surface area (Å²) >= 11 is 0. The Morgan fingerprint density at radius 3 is 2.55 bits per heavy atom. The Labute approximate surface area is 118 Å². The van der Waals surface area contributed by atoms with Gasteiger partial charge in [-0.3, -0.25) is 9.48 Å². The Morgan fingerprint density at radius 1 is 1.40 bits per heavy atom. The second kappa shape index (κ2) is 6.93. The van der Waals surface area contributed by atoms with Gasteiger partial charge in [0, 0.05) is 24.3 Å². The molecule has 1 aromatic rings. The van der Waals surface area contributed by atoms with E-state index >= 15 is 0 Å². The molecule has 1 rings (SSSR count). The van der Waals surface area contributed by atoms with Crippen LogP contribution in [0.2, 0.25) is 0 Å². The highest BCUT2D eigenvalue weighted by atomic mass is 16.5. The first-order chi connectivity index (χ1) is 9.40. The molecule has 0 radical (unpaired) electrons. The lowest BCUT2D eigenvalue weighted by Crippen LogP contribution is -2.44. The third kappa shape index (κ3) is 3.72. The Hall–Kier alpha value is -2.05. The number of carbonyl (C=O) groups excluding carboxylic acids is 2. The molecule has 0 aromatic carbocycles. The van der Waals surface area contributed by atoms with E-state index in [4.69, 9.17) is 0 Å². The van der Waals surface area contributed by atoms with Crippen LogP contribution in [0.1, 0.15) is 30.8 Å². The average molecular weight is 282 g/mol. The monoisotopic (exact) mass is 282 g/mol. The van der Waals surface area contributed by atoms with Crippen LogP contribution in [0.5, 0.6) is 0 Å². The van der Waals surface area contributed by atoms with Crippen molar-refractivity contribution in [1.82, 2.24) is 20.4 Å². The predicted octanol–water partition coefficient (Wildman–Crippen LogP) is 0.881. The quantitative estimate of drug-likeness (QED) is 0.839. The van der Waals surface area contributed by atoms with Crippen molar-refractivity contribution in [2.75, 3.05) is 7.11 Å². The normalized spacial score (nSPS) is 11.8. The molecule has 2 amide bonds. The predicted molar refractivity (Wildman–Crippen MR) is 74.2 cm³/mol. The number of hydrogen-bond acceptors (Lipinski definition) is 4. The Morgan fingerprint density at radius 2 is 2.05 bits per heavy atom. The number of ether oxygens (including phenoxy) is 1. The minimum Gasteiger partial charge on any atom is -0.453 e. The van der Waals surface area contributed by atoms with Gasteiger partial charge in [0.1, 0.15) is 6.04 Å². The summed E-state index contributed by atoms with van der Waals surface area (Å²) in [6.07, 6.45) is -0.626. The van der Waals surface area contributed by atoms with E-state index in [1.54, 1.807) is 6.92 Å². The fraction of sp³-hybridized carbons (Fsp3) is 0.615. The maximum atomic E-state index is 11.9. The second-order valence-electron chi connectivity index (χ2n) is 4.54. The van der Waals surface area contributed by atoms with Gasteiger partial charge in [-0.05, 0) is 27.7 Å². The van der Waals surface area contributed by atoms with Crippen molar-refractivity contribution in [3.63, 3.8) is 0 Å². The zero-order chi connectivity index (χ0) is 15.3. The number of aromatic nitrogens is 2. The highest BCUT2D eigenvalue weighted by molar-refractivity contribution is 5.85.